The smallest absolute Gasteiger partial charge is 0.325 e. The number of hydrogen-bond donors (Lipinski definition) is 1. The number of esters is 1. The summed E-state index contributed by atoms with van der Waals surface area (Å²) in [5.41, 5.74) is -0.176. The van der Waals surface area contributed by atoms with E-state index in [1.807, 2.05) is 0 Å². The molecule has 0 saturated carbocycles. The summed E-state index contributed by atoms with van der Waals surface area (Å²) < 4.78 is 4.81. The number of carbonyl (C=O) groups is 3. The predicted molar refractivity (Wildman–Crippen MR) is 79.2 cm³/mol. The molecule has 0 aromatic heterocycles. The highest BCUT2D eigenvalue weighted by Gasteiger charge is 2.22. The van der Waals surface area contributed by atoms with Crippen molar-refractivity contribution in [3.8, 4) is 0 Å². The maximum atomic E-state index is 11.7. The monoisotopic (exact) mass is 311 g/mol. The normalized spacial score (nSPS) is 10.9. The van der Waals surface area contributed by atoms with Gasteiger partial charge in [-0.2, -0.15) is 0 Å². The number of ether oxygens (including phenoxy) is 1. The minimum atomic E-state index is -0.657. The number of carbonyl (C=O) groups excluding carboxylic acids is 3. The van der Waals surface area contributed by atoms with E-state index in [9.17, 15) is 14.4 Å². The van der Waals surface area contributed by atoms with Gasteiger partial charge in [0.2, 0.25) is 0 Å². The summed E-state index contributed by atoms with van der Waals surface area (Å²) in [5.74, 6) is -1.25. The Bertz CT molecular complexity index is 532. The van der Waals surface area contributed by atoms with E-state index in [1.54, 1.807) is 45.0 Å². The minimum Gasteiger partial charge on any atom is -0.456 e. The third kappa shape index (κ3) is 5.95. The van der Waals surface area contributed by atoms with Gasteiger partial charge in [0.05, 0.1) is 0 Å². The molecule has 5 nitrogen and oxygen atoms in total. The molecule has 1 N–H and O–H groups in total. The van der Waals surface area contributed by atoms with Crippen molar-refractivity contribution in [2.24, 2.45) is 5.41 Å². The van der Waals surface area contributed by atoms with Crippen LogP contribution in [0.2, 0.25) is 5.02 Å². The summed E-state index contributed by atoms with van der Waals surface area (Å²) in [4.78, 5) is 34.8. The van der Waals surface area contributed by atoms with Crippen molar-refractivity contribution in [3.05, 3.63) is 34.9 Å². The quantitative estimate of drug-likeness (QED) is 0.846. The Kier molecular flexibility index (Phi) is 5.90. The highest BCUT2D eigenvalue weighted by molar-refractivity contribution is 6.30. The van der Waals surface area contributed by atoms with Crippen LogP contribution in [0.1, 0.15) is 31.1 Å². The summed E-state index contributed by atoms with van der Waals surface area (Å²) in [5, 5.41) is 2.93. The lowest BCUT2D eigenvalue weighted by atomic mass is 9.91. The summed E-state index contributed by atoms with van der Waals surface area (Å²) in [7, 11) is 0. The van der Waals surface area contributed by atoms with Crippen molar-refractivity contribution in [1.29, 1.82) is 0 Å². The first-order valence-electron chi connectivity index (χ1n) is 6.43. The van der Waals surface area contributed by atoms with Crippen molar-refractivity contribution in [2.45, 2.75) is 20.8 Å². The highest BCUT2D eigenvalue weighted by Crippen LogP contribution is 2.14. The lowest BCUT2D eigenvalue weighted by Crippen LogP contribution is -2.33. The van der Waals surface area contributed by atoms with Gasteiger partial charge < -0.3 is 10.1 Å². The van der Waals surface area contributed by atoms with Gasteiger partial charge in [-0.15, -0.1) is 0 Å². The Balaban J connectivity index is 2.38. The molecule has 114 valence electrons. The zero-order chi connectivity index (χ0) is 16.0. The van der Waals surface area contributed by atoms with E-state index in [1.165, 1.54) is 0 Å². The number of nitrogens with one attached hydrogen (secondary N) is 1. The fraction of sp³-hybridized carbons (Fsp3) is 0.400. The van der Waals surface area contributed by atoms with Gasteiger partial charge in [-0.25, -0.2) is 0 Å². The summed E-state index contributed by atoms with van der Waals surface area (Å²) >= 11 is 5.71. The molecule has 0 aliphatic heterocycles. The van der Waals surface area contributed by atoms with Crippen molar-refractivity contribution in [2.75, 3.05) is 13.2 Å². The molecule has 21 heavy (non-hydrogen) atoms. The average molecular weight is 312 g/mol. The van der Waals surface area contributed by atoms with E-state index in [2.05, 4.69) is 5.32 Å². The zero-order valence-corrected chi connectivity index (χ0v) is 13.0. The van der Waals surface area contributed by atoms with Crippen LogP contribution in [0, 0.1) is 5.41 Å². The van der Waals surface area contributed by atoms with Gasteiger partial charge in [0, 0.05) is 16.0 Å². The van der Waals surface area contributed by atoms with E-state index in [4.69, 9.17) is 16.3 Å². The van der Waals surface area contributed by atoms with Crippen LogP contribution < -0.4 is 5.32 Å². The fourth-order valence-corrected chi connectivity index (χ4v) is 1.40. The van der Waals surface area contributed by atoms with Crippen LogP contribution in [0.5, 0.6) is 0 Å². The standard InChI is InChI=1S/C15H18ClNO4/c1-15(2,3)12(18)9-21-13(19)8-17-14(20)10-4-6-11(16)7-5-10/h4-7H,8-9H2,1-3H3,(H,17,20). The number of rotatable bonds is 5. The Morgan fingerprint density at radius 1 is 1.14 bits per heavy atom. The van der Waals surface area contributed by atoms with Gasteiger partial charge in [0.1, 0.15) is 6.54 Å². The van der Waals surface area contributed by atoms with Crippen molar-refractivity contribution < 1.29 is 19.1 Å². The predicted octanol–water partition coefficient (Wildman–Crippen LogP) is 2.23. The maximum absolute atomic E-state index is 11.7. The molecule has 1 aromatic carbocycles. The maximum Gasteiger partial charge on any atom is 0.325 e. The van der Waals surface area contributed by atoms with E-state index in [0.29, 0.717) is 10.6 Å². The average Bonchev–Trinajstić information content (AvgIpc) is 2.41. The summed E-state index contributed by atoms with van der Waals surface area (Å²) in [6.07, 6.45) is 0. The second kappa shape index (κ2) is 7.22. The van der Waals surface area contributed by atoms with Crippen LogP contribution >= 0.6 is 11.6 Å². The minimum absolute atomic E-state index is 0.181. The molecular formula is C15H18ClNO4. The van der Waals surface area contributed by atoms with Gasteiger partial charge in [-0.3, -0.25) is 14.4 Å². The number of benzene rings is 1. The largest absolute Gasteiger partial charge is 0.456 e. The molecule has 0 aliphatic carbocycles. The molecule has 0 radical (unpaired) electrons. The lowest BCUT2D eigenvalue weighted by molar-refractivity contribution is -0.149. The van der Waals surface area contributed by atoms with E-state index < -0.39 is 17.3 Å². The third-order valence-corrected chi connectivity index (χ3v) is 2.95. The molecule has 0 saturated heterocycles. The Hall–Kier alpha value is -1.88. The van der Waals surface area contributed by atoms with Gasteiger partial charge in [0.15, 0.2) is 12.4 Å². The summed E-state index contributed by atoms with van der Waals surface area (Å²) in [6, 6.07) is 6.26. The van der Waals surface area contributed by atoms with Gasteiger partial charge in [-0.1, -0.05) is 32.4 Å². The number of hydrogen-bond acceptors (Lipinski definition) is 4. The molecule has 0 heterocycles. The molecule has 0 bridgehead atoms. The molecule has 0 aliphatic rings. The van der Waals surface area contributed by atoms with E-state index in [-0.39, 0.29) is 18.9 Å². The number of halogens is 1. The molecule has 1 amide bonds. The van der Waals surface area contributed by atoms with Crippen LogP contribution in [0.15, 0.2) is 24.3 Å². The van der Waals surface area contributed by atoms with Crippen LogP contribution in [0.4, 0.5) is 0 Å². The van der Waals surface area contributed by atoms with E-state index in [0.717, 1.165) is 0 Å². The number of ketones is 1. The van der Waals surface area contributed by atoms with Crippen LogP contribution in [-0.2, 0) is 14.3 Å². The van der Waals surface area contributed by atoms with Gasteiger partial charge >= 0.3 is 5.97 Å². The Labute approximate surface area is 128 Å². The molecule has 6 heteroatoms. The first kappa shape index (κ1) is 17.2. The fourth-order valence-electron chi connectivity index (χ4n) is 1.27. The molecule has 0 atom stereocenters. The molecule has 1 aromatic rings. The number of Topliss-reactive ketones (excluding diaryl/α,β-unsaturated/α-hetero) is 1. The number of amides is 1. The van der Waals surface area contributed by atoms with Crippen LogP contribution in [-0.4, -0.2) is 30.8 Å². The SMILES string of the molecule is CC(C)(C)C(=O)COC(=O)CNC(=O)c1ccc(Cl)cc1. The Morgan fingerprint density at radius 3 is 2.24 bits per heavy atom. The molecular weight excluding hydrogens is 294 g/mol. The second-order valence-corrected chi connectivity index (χ2v) is 5.96. The van der Waals surface area contributed by atoms with Crippen LogP contribution in [0.3, 0.4) is 0 Å². The molecule has 1 rings (SSSR count). The Morgan fingerprint density at radius 2 is 1.71 bits per heavy atom. The zero-order valence-electron chi connectivity index (χ0n) is 12.2. The molecule has 0 spiro atoms. The van der Waals surface area contributed by atoms with Crippen molar-refractivity contribution in [1.82, 2.24) is 5.32 Å². The van der Waals surface area contributed by atoms with Crippen molar-refractivity contribution >= 4 is 29.3 Å². The second-order valence-electron chi connectivity index (χ2n) is 5.52. The third-order valence-electron chi connectivity index (χ3n) is 2.70. The first-order valence-corrected chi connectivity index (χ1v) is 6.80. The highest BCUT2D eigenvalue weighted by atomic mass is 35.5. The van der Waals surface area contributed by atoms with Gasteiger partial charge in [-0.05, 0) is 24.3 Å². The molecule has 0 fully saturated rings. The first-order chi connectivity index (χ1) is 9.70. The van der Waals surface area contributed by atoms with Gasteiger partial charge in [0.25, 0.3) is 5.91 Å². The topological polar surface area (TPSA) is 72.5 Å². The van der Waals surface area contributed by atoms with E-state index >= 15 is 0 Å². The van der Waals surface area contributed by atoms with Crippen molar-refractivity contribution in [3.63, 3.8) is 0 Å². The lowest BCUT2D eigenvalue weighted by Gasteiger charge is -2.16. The van der Waals surface area contributed by atoms with Crippen LogP contribution in [0.25, 0.3) is 0 Å². The summed E-state index contributed by atoms with van der Waals surface area (Å²) in [6.45, 7) is 4.64. The molecule has 0 unspecified atom stereocenters.